The van der Waals surface area contributed by atoms with Crippen molar-refractivity contribution in [3.63, 3.8) is 0 Å². The van der Waals surface area contributed by atoms with E-state index in [2.05, 4.69) is 6.58 Å². The van der Waals surface area contributed by atoms with Crippen molar-refractivity contribution in [2.45, 2.75) is 27.2 Å². The van der Waals surface area contributed by atoms with Crippen molar-refractivity contribution >= 4 is 5.97 Å². The van der Waals surface area contributed by atoms with Gasteiger partial charge in [-0.1, -0.05) is 6.08 Å². The molecule has 80 valence electrons. The molecule has 0 saturated heterocycles. The lowest BCUT2D eigenvalue weighted by atomic mass is 10.1. The van der Waals surface area contributed by atoms with E-state index in [-0.39, 0.29) is 0 Å². The SMILES string of the molecule is C=CC/C(=C(/C)C(=O)O)N(CC)CC. The average molecular weight is 197 g/mol. The lowest BCUT2D eigenvalue weighted by Crippen LogP contribution is -2.24. The minimum absolute atomic E-state index is 0.411. The Balaban J connectivity index is 4.98. The molecular weight excluding hydrogens is 178 g/mol. The zero-order chi connectivity index (χ0) is 11.1. The quantitative estimate of drug-likeness (QED) is 0.524. The van der Waals surface area contributed by atoms with Gasteiger partial charge in [0.05, 0.1) is 5.57 Å². The normalized spacial score (nSPS) is 11.9. The third-order valence-corrected chi connectivity index (χ3v) is 2.24. The van der Waals surface area contributed by atoms with E-state index in [9.17, 15) is 4.79 Å². The number of carbonyl (C=O) groups is 1. The highest BCUT2D eigenvalue weighted by atomic mass is 16.4. The highest BCUT2D eigenvalue weighted by molar-refractivity contribution is 5.86. The van der Waals surface area contributed by atoms with Crippen LogP contribution in [0.1, 0.15) is 27.2 Å². The first kappa shape index (κ1) is 12.8. The molecule has 0 atom stereocenters. The molecule has 0 spiro atoms. The van der Waals surface area contributed by atoms with Gasteiger partial charge in [0.2, 0.25) is 0 Å². The maximum atomic E-state index is 10.8. The monoisotopic (exact) mass is 197 g/mol. The molecule has 0 saturated carbocycles. The minimum Gasteiger partial charge on any atom is -0.478 e. The number of carboxylic acids is 1. The maximum absolute atomic E-state index is 10.8. The van der Waals surface area contributed by atoms with E-state index in [4.69, 9.17) is 5.11 Å². The fourth-order valence-corrected chi connectivity index (χ4v) is 1.38. The van der Waals surface area contributed by atoms with E-state index in [0.29, 0.717) is 12.0 Å². The van der Waals surface area contributed by atoms with Crippen molar-refractivity contribution in [2.75, 3.05) is 13.1 Å². The van der Waals surface area contributed by atoms with Gasteiger partial charge in [-0.3, -0.25) is 0 Å². The third-order valence-electron chi connectivity index (χ3n) is 2.24. The summed E-state index contributed by atoms with van der Waals surface area (Å²) in [4.78, 5) is 12.9. The van der Waals surface area contributed by atoms with Gasteiger partial charge in [0.1, 0.15) is 0 Å². The Kier molecular flexibility index (Phi) is 5.68. The molecule has 0 aliphatic carbocycles. The minimum atomic E-state index is -0.853. The van der Waals surface area contributed by atoms with Gasteiger partial charge in [-0.15, -0.1) is 6.58 Å². The van der Waals surface area contributed by atoms with Crippen molar-refractivity contribution in [3.05, 3.63) is 23.9 Å². The number of hydrogen-bond acceptors (Lipinski definition) is 2. The first-order chi connectivity index (χ1) is 6.58. The summed E-state index contributed by atoms with van der Waals surface area (Å²) in [7, 11) is 0. The molecule has 0 aliphatic rings. The van der Waals surface area contributed by atoms with Crippen LogP contribution in [0.4, 0.5) is 0 Å². The van der Waals surface area contributed by atoms with E-state index in [0.717, 1.165) is 18.8 Å². The van der Waals surface area contributed by atoms with Crippen LogP contribution >= 0.6 is 0 Å². The molecule has 0 unspecified atom stereocenters. The van der Waals surface area contributed by atoms with Crippen LogP contribution in [0.2, 0.25) is 0 Å². The first-order valence-corrected chi connectivity index (χ1v) is 4.87. The highest BCUT2D eigenvalue weighted by Gasteiger charge is 2.12. The number of aliphatic carboxylic acids is 1. The molecule has 3 heteroatoms. The zero-order valence-corrected chi connectivity index (χ0v) is 9.21. The number of allylic oxidation sites excluding steroid dienone is 1. The van der Waals surface area contributed by atoms with Crippen molar-refractivity contribution < 1.29 is 9.90 Å². The van der Waals surface area contributed by atoms with E-state index in [1.165, 1.54) is 0 Å². The average Bonchev–Trinajstić information content (AvgIpc) is 2.17. The maximum Gasteiger partial charge on any atom is 0.333 e. The summed E-state index contributed by atoms with van der Waals surface area (Å²) >= 11 is 0. The van der Waals surface area contributed by atoms with Gasteiger partial charge in [-0.2, -0.15) is 0 Å². The second kappa shape index (κ2) is 6.24. The molecule has 0 bridgehead atoms. The van der Waals surface area contributed by atoms with Crippen LogP contribution in [0, 0.1) is 0 Å². The molecule has 14 heavy (non-hydrogen) atoms. The van der Waals surface area contributed by atoms with E-state index < -0.39 is 5.97 Å². The number of nitrogens with zero attached hydrogens (tertiary/aromatic N) is 1. The van der Waals surface area contributed by atoms with Crippen molar-refractivity contribution in [1.82, 2.24) is 4.90 Å². The van der Waals surface area contributed by atoms with Crippen molar-refractivity contribution in [3.8, 4) is 0 Å². The van der Waals surface area contributed by atoms with Crippen molar-refractivity contribution in [1.29, 1.82) is 0 Å². The topological polar surface area (TPSA) is 40.5 Å². The van der Waals surface area contributed by atoms with Crippen LogP contribution in [0.15, 0.2) is 23.9 Å². The predicted molar refractivity (Wildman–Crippen MR) is 58.1 cm³/mol. The van der Waals surface area contributed by atoms with Gasteiger partial charge in [-0.05, 0) is 20.8 Å². The Morgan fingerprint density at radius 1 is 1.43 bits per heavy atom. The molecule has 0 aromatic heterocycles. The number of carboxylic acid groups (broad SMARTS) is 1. The summed E-state index contributed by atoms with van der Waals surface area (Å²) in [6, 6.07) is 0. The van der Waals surface area contributed by atoms with E-state index >= 15 is 0 Å². The Morgan fingerprint density at radius 2 is 1.93 bits per heavy atom. The first-order valence-electron chi connectivity index (χ1n) is 4.87. The Morgan fingerprint density at radius 3 is 2.21 bits per heavy atom. The van der Waals surface area contributed by atoms with Crippen LogP contribution in [0.5, 0.6) is 0 Å². The molecule has 0 amide bonds. The third kappa shape index (κ3) is 3.24. The summed E-state index contributed by atoms with van der Waals surface area (Å²) < 4.78 is 0. The predicted octanol–water partition coefficient (Wildman–Crippen LogP) is 2.26. The van der Waals surface area contributed by atoms with Gasteiger partial charge in [0, 0.05) is 25.2 Å². The van der Waals surface area contributed by atoms with Gasteiger partial charge in [-0.25, -0.2) is 4.79 Å². The molecule has 0 aliphatic heterocycles. The molecule has 0 aromatic rings. The largest absolute Gasteiger partial charge is 0.478 e. The fraction of sp³-hybridized carbons (Fsp3) is 0.545. The molecule has 3 nitrogen and oxygen atoms in total. The second-order valence-corrected chi connectivity index (χ2v) is 3.04. The molecule has 0 aromatic carbocycles. The smallest absolute Gasteiger partial charge is 0.333 e. The summed E-state index contributed by atoms with van der Waals surface area (Å²) in [5.74, 6) is -0.853. The summed E-state index contributed by atoms with van der Waals surface area (Å²) in [6.45, 7) is 11.0. The van der Waals surface area contributed by atoms with E-state index in [1.54, 1.807) is 13.0 Å². The summed E-state index contributed by atoms with van der Waals surface area (Å²) in [5.41, 5.74) is 1.27. The summed E-state index contributed by atoms with van der Waals surface area (Å²) in [6.07, 6.45) is 2.35. The second-order valence-electron chi connectivity index (χ2n) is 3.04. The summed E-state index contributed by atoms with van der Waals surface area (Å²) in [5, 5.41) is 8.90. The van der Waals surface area contributed by atoms with Crippen LogP contribution < -0.4 is 0 Å². The van der Waals surface area contributed by atoms with Crippen molar-refractivity contribution in [2.24, 2.45) is 0 Å². The molecule has 1 N–H and O–H groups in total. The number of rotatable bonds is 6. The standard InChI is InChI=1S/C11H19NO2/c1-5-8-10(9(4)11(13)14)12(6-2)7-3/h5H,1,6-8H2,2-4H3,(H,13,14)/b10-9+. The molecule has 0 fully saturated rings. The fourth-order valence-electron chi connectivity index (χ4n) is 1.38. The Bertz CT molecular complexity index is 240. The van der Waals surface area contributed by atoms with Gasteiger partial charge in [0.25, 0.3) is 0 Å². The van der Waals surface area contributed by atoms with Crippen LogP contribution in [0.3, 0.4) is 0 Å². The zero-order valence-electron chi connectivity index (χ0n) is 9.21. The lowest BCUT2D eigenvalue weighted by Gasteiger charge is -2.25. The highest BCUT2D eigenvalue weighted by Crippen LogP contribution is 2.14. The Labute approximate surface area is 85.7 Å². The lowest BCUT2D eigenvalue weighted by molar-refractivity contribution is -0.132. The molecule has 0 radical (unpaired) electrons. The van der Waals surface area contributed by atoms with Gasteiger partial charge >= 0.3 is 5.97 Å². The van der Waals surface area contributed by atoms with Gasteiger partial charge in [0.15, 0.2) is 0 Å². The van der Waals surface area contributed by atoms with E-state index in [1.807, 2.05) is 18.7 Å². The molecule has 0 rings (SSSR count). The molecule has 0 heterocycles. The Hall–Kier alpha value is -1.25. The van der Waals surface area contributed by atoms with Crippen LogP contribution in [-0.2, 0) is 4.79 Å². The number of hydrogen-bond donors (Lipinski definition) is 1. The van der Waals surface area contributed by atoms with Crippen LogP contribution in [-0.4, -0.2) is 29.1 Å². The van der Waals surface area contributed by atoms with Gasteiger partial charge < -0.3 is 10.0 Å². The molecular formula is C11H19NO2. The van der Waals surface area contributed by atoms with Crippen LogP contribution in [0.25, 0.3) is 0 Å².